The lowest BCUT2D eigenvalue weighted by atomic mass is 10.1. The Morgan fingerprint density at radius 1 is 1.33 bits per heavy atom. The van der Waals surface area contributed by atoms with E-state index in [1.807, 2.05) is 0 Å². The summed E-state index contributed by atoms with van der Waals surface area (Å²) in [5.41, 5.74) is -0.555. The average Bonchev–Trinajstić information content (AvgIpc) is 2.71. The number of ketones is 1. The van der Waals surface area contributed by atoms with Crippen LogP contribution in [0.3, 0.4) is 0 Å². The van der Waals surface area contributed by atoms with Crippen molar-refractivity contribution >= 4 is 5.78 Å². The monoisotopic (exact) mass is 212 g/mol. The van der Waals surface area contributed by atoms with Gasteiger partial charge >= 0.3 is 0 Å². The van der Waals surface area contributed by atoms with Gasteiger partial charge in [-0.1, -0.05) is 6.92 Å². The van der Waals surface area contributed by atoms with Gasteiger partial charge in [-0.25, -0.2) is 0 Å². The quantitative estimate of drug-likeness (QED) is 0.655. The summed E-state index contributed by atoms with van der Waals surface area (Å²) in [4.78, 5) is 12.1. The van der Waals surface area contributed by atoms with E-state index >= 15 is 0 Å². The summed E-state index contributed by atoms with van der Waals surface area (Å²) in [5, 5.41) is 0. The molecule has 3 aliphatic rings. The highest BCUT2D eigenvalue weighted by Crippen LogP contribution is 2.57. The first-order valence-corrected chi connectivity index (χ1v) is 5.56. The molecule has 0 aromatic carbocycles. The minimum absolute atomic E-state index is 0.0879. The molecule has 0 amide bonds. The number of Topliss-reactive ketones (excluding diaryl/α,β-unsaturated/α-hetero) is 1. The van der Waals surface area contributed by atoms with Crippen molar-refractivity contribution in [3.8, 4) is 0 Å². The zero-order chi connectivity index (χ0) is 10.8. The van der Waals surface area contributed by atoms with Crippen LogP contribution in [0.4, 0.5) is 0 Å². The van der Waals surface area contributed by atoms with Gasteiger partial charge in [0, 0.05) is 0 Å². The molecule has 0 unspecified atom stereocenters. The van der Waals surface area contributed by atoms with Crippen molar-refractivity contribution < 1.29 is 19.0 Å². The molecule has 84 valence electrons. The number of fused-ring (bicyclic) bond motifs is 1. The molecule has 1 spiro atoms. The summed E-state index contributed by atoms with van der Waals surface area (Å²) in [6.45, 7) is 5.69. The first-order chi connectivity index (χ1) is 6.98. The number of ether oxygens (including phenoxy) is 3. The summed E-state index contributed by atoms with van der Waals surface area (Å²) < 4.78 is 16.8. The fourth-order valence-electron chi connectivity index (χ4n) is 2.73. The van der Waals surface area contributed by atoms with E-state index in [1.165, 1.54) is 0 Å². The Hall–Kier alpha value is -0.450. The minimum atomic E-state index is -0.691. The average molecular weight is 212 g/mol. The predicted octanol–water partition coefficient (Wildman–Crippen LogP) is 1.23. The second kappa shape index (κ2) is 2.62. The molecule has 0 aromatic heterocycles. The first-order valence-electron chi connectivity index (χ1n) is 5.56. The van der Waals surface area contributed by atoms with Crippen molar-refractivity contribution in [2.24, 2.45) is 5.92 Å². The molecule has 1 saturated carbocycles. The van der Waals surface area contributed by atoms with Crippen molar-refractivity contribution in [1.82, 2.24) is 0 Å². The molecule has 2 saturated heterocycles. The van der Waals surface area contributed by atoms with Crippen LogP contribution >= 0.6 is 0 Å². The van der Waals surface area contributed by atoms with Crippen LogP contribution in [0, 0.1) is 5.92 Å². The number of carbonyl (C=O) groups is 1. The van der Waals surface area contributed by atoms with Crippen molar-refractivity contribution in [1.29, 1.82) is 0 Å². The van der Waals surface area contributed by atoms with Crippen LogP contribution in [0.2, 0.25) is 0 Å². The van der Waals surface area contributed by atoms with Crippen LogP contribution in [-0.4, -0.2) is 29.6 Å². The maximum atomic E-state index is 12.1. The molecule has 1 aliphatic carbocycles. The van der Waals surface area contributed by atoms with Gasteiger partial charge in [0.25, 0.3) is 0 Å². The topological polar surface area (TPSA) is 44.8 Å². The van der Waals surface area contributed by atoms with Gasteiger partial charge in [-0.2, -0.15) is 0 Å². The van der Waals surface area contributed by atoms with Gasteiger partial charge in [0.05, 0.1) is 0 Å². The van der Waals surface area contributed by atoms with Crippen molar-refractivity contribution in [2.75, 3.05) is 0 Å². The summed E-state index contributed by atoms with van der Waals surface area (Å²) in [5.74, 6) is -0.237. The Morgan fingerprint density at radius 2 is 2.07 bits per heavy atom. The lowest BCUT2D eigenvalue weighted by Gasteiger charge is -2.20. The van der Waals surface area contributed by atoms with E-state index in [2.05, 4.69) is 6.92 Å². The third kappa shape index (κ3) is 1.16. The summed E-state index contributed by atoms with van der Waals surface area (Å²) in [7, 11) is 0. The van der Waals surface area contributed by atoms with Gasteiger partial charge in [-0.3, -0.25) is 4.79 Å². The van der Waals surface area contributed by atoms with Gasteiger partial charge < -0.3 is 14.2 Å². The zero-order valence-electron chi connectivity index (χ0n) is 9.28. The van der Waals surface area contributed by atoms with E-state index in [0.29, 0.717) is 5.92 Å². The highest BCUT2D eigenvalue weighted by molar-refractivity contribution is 5.96. The highest BCUT2D eigenvalue weighted by Gasteiger charge is 2.71. The Labute approximate surface area is 88.9 Å². The molecule has 2 heterocycles. The van der Waals surface area contributed by atoms with Gasteiger partial charge in [0.15, 0.2) is 24.0 Å². The van der Waals surface area contributed by atoms with Crippen LogP contribution in [0.15, 0.2) is 0 Å². The molecule has 0 N–H and O–H groups in total. The van der Waals surface area contributed by atoms with E-state index in [-0.39, 0.29) is 5.78 Å². The molecule has 2 aliphatic heterocycles. The maximum absolute atomic E-state index is 12.1. The zero-order valence-corrected chi connectivity index (χ0v) is 9.28. The SMILES string of the molecule is CC[C@@H]1C[C@]12O[C@@H]1OC(C)(C)O[C@H]1C2=O. The Balaban J connectivity index is 1.81. The lowest BCUT2D eigenvalue weighted by Crippen LogP contribution is -2.32. The number of rotatable bonds is 1. The summed E-state index contributed by atoms with van der Waals surface area (Å²) in [6.07, 6.45) is 0.831. The molecule has 0 radical (unpaired) electrons. The fourth-order valence-corrected chi connectivity index (χ4v) is 2.73. The fraction of sp³-hybridized carbons (Fsp3) is 0.909. The molecular formula is C11H16O4. The summed E-state index contributed by atoms with van der Waals surface area (Å²) >= 11 is 0. The smallest absolute Gasteiger partial charge is 0.199 e. The van der Waals surface area contributed by atoms with Crippen LogP contribution < -0.4 is 0 Å². The molecule has 15 heavy (non-hydrogen) atoms. The van der Waals surface area contributed by atoms with Gasteiger partial charge in [0.1, 0.15) is 5.60 Å². The third-order valence-electron chi connectivity index (χ3n) is 3.60. The van der Waals surface area contributed by atoms with E-state index in [9.17, 15) is 4.79 Å². The van der Waals surface area contributed by atoms with Gasteiger partial charge in [0.2, 0.25) is 0 Å². The van der Waals surface area contributed by atoms with E-state index < -0.39 is 23.8 Å². The number of hydrogen-bond donors (Lipinski definition) is 0. The maximum Gasteiger partial charge on any atom is 0.199 e. The number of carbonyl (C=O) groups excluding carboxylic acids is 1. The van der Waals surface area contributed by atoms with E-state index in [1.54, 1.807) is 13.8 Å². The Kier molecular flexibility index (Phi) is 1.70. The number of hydrogen-bond acceptors (Lipinski definition) is 4. The molecule has 0 bridgehead atoms. The summed E-state index contributed by atoms with van der Waals surface area (Å²) in [6, 6.07) is 0. The second-order valence-corrected chi connectivity index (χ2v) is 5.11. The Morgan fingerprint density at radius 3 is 2.60 bits per heavy atom. The van der Waals surface area contributed by atoms with Gasteiger partial charge in [-0.15, -0.1) is 0 Å². The molecule has 4 atom stereocenters. The van der Waals surface area contributed by atoms with Crippen molar-refractivity contribution in [3.63, 3.8) is 0 Å². The van der Waals surface area contributed by atoms with E-state index in [4.69, 9.17) is 14.2 Å². The normalized spacial score (nSPS) is 51.1. The lowest BCUT2D eigenvalue weighted by molar-refractivity contribution is -0.210. The van der Waals surface area contributed by atoms with E-state index in [0.717, 1.165) is 12.8 Å². The van der Waals surface area contributed by atoms with Crippen LogP contribution in [0.1, 0.15) is 33.6 Å². The molecular weight excluding hydrogens is 196 g/mol. The molecule has 3 rings (SSSR count). The Bertz CT molecular complexity index is 325. The second-order valence-electron chi connectivity index (χ2n) is 5.11. The molecule has 3 fully saturated rings. The van der Waals surface area contributed by atoms with Crippen LogP contribution in [0.25, 0.3) is 0 Å². The van der Waals surface area contributed by atoms with Crippen LogP contribution in [-0.2, 0) is 19.0 Å². The van der Waals surface area contributed by atoms with Gasteiger partial charge in [-0.05, 0) is 32.6 Å². The third-order valence-corrected chi connectivity index (χ3v) is 3.60. The molecule has 4 heteroatoms. The molecule has 4 nitrogen and oxygen atoms in total. The largest absolute Gasteiger partial charge is 0.335 e. The minimum Gasteiger partial charge on any atom is -0.335 e. The van der Waals surface area contributed by atoms with Crippen molar-refractivity contribution in [2.45, 2.75) is 57.4 Å². The highest BCUT2D eigenvalue weighted by atomic mass is 16.8. The van der Waals surface area contributed by atoms with Crippen LogP contribution in [0.5, 0.6) is 0 Å². The first kappa shape index (κ1) is 9.75. The molecule has 0 aromatic rings. The standard InChI is InChI=1S/C11H16O4/c1-4-6-5-11(6)8(12)7-9(15-11)14-10(2,3)13-7/h6-7,9H,4-5H2,1-3H3/t6-,7+,9+,11+/m1/s1. The predicted molar refractivity (Wildman–Crippen MR) is 51.0 cm³/mol. The van der Waals surface area contributed by atoms with Crippen molar-refractivity contribution in [3.05, 3.63) is 0 Å².